The molecule has 0 saturated heterocycles. The molecule has 0 aliphatic rings. The van der Waals surface area contributed by atoms with E-state index in [2.05, 4.69) is 16.5 Å². The third-order valence-corrected chi connectivity index (χ3v) is 7.32. The normalized spacial score (nSPS) is 12.0. The molecule has 0 spiro atoms. The van der Waals surface area contributed by atoms with Crippen molar-refractivity contribution in [1.82, 2.24) is 10.5 Å². The summed E-state index contributed by atoms with van der Waals surface area (Å²) >= 11 is 0. The highest BCUT2D eigenvalue weighted by atomic mass is 19.1. The van der Waals surface area contributed by atoms with Crippen molar-refractivity contribution in [3.63, 3.8) is 0 Å². The van der Waals surface area contributed by atoms with Crippen LogP contribution < -0.4 is 5.32 Å². The number of fused-ring (bicyclic) bond motifs is 2. The summed E-state index contributed by atoms with van der Waals surface area (Å²) in [4.78, 5) is 25.0. The molecule has 1 atom stereocenters. The number of carbonyl (C=O) groups excluding carboxylic acids is 1. The van der Waals surface area contributed by atoms with Crippen LogP contribution in [0.25, 0.3) is 32.9 Å². The minimum absolute atomic E-state index is 0.0178. The van der Waals surface area contributed by atoms with E-state index < -0.39 is 29.6 Å². The zero-order chi connectivity index (χ0) is 29.4. The first-order valence-corrected chi connectivity index (χ1v) is 13.3. The minimum Gasteiger partial charge on any atom is -0.478 e. The molecule has 0 saturated carbocycles. The number of rotatable bonds is 7. The summed E-state index contributed by atoms with van der Waals surface area (Å²) in [5.74, 6) is -2.79. The molecule has 0 radical (unpaired) electrons. The summed E-state index contributed by atoms with van der Waals surface area (Å²) in [7, 11) is 0. The van der Waals surface area contributed by atoms with Gasteiger partial charge in [-0.1, -0.05) is 59.8 Å². The number of hydrogen-bond donors (Lipinski definition) is 2. The smallest absolute Gasteiger partial charge is 0.335 e. The van der Waals surface area contributed by atoms with Gasteiger partial charge in [0.2, 0.25) is 0 Å². The summed E-state index contributed by atoms with van der Waals surface area (Å²) < 4.78 is 34.5. The van der Waals surface area contributed by atoms with Crippen LogP contribution in [0.15, 0.2) is 102 Å². The van der Waals surface area contributed by atoms with Crippen molar-refractivity contribution in [2.45, 2.75) is 19.4 Å². The van der Waals surface area contributed by atoms with E-state index in [1.54, 1.807) is 25.1 Å². The van der Waals surface area contributed by atoms with Crippen LogP contribution >= 0.6 is 0 Å². The van der Waals surface area contributed by atoms with Crippen molar-refractivity contribution in [2.24, 2.45) is 0 Å². The molecular weight excluding hydrogens is 538 g/mol. The van der Waals surface area contributed by atoms with Gasteiger partial charge < -0.3 is 14.9 Å². The Morgan fingerprint density at radius 2 is 1.67 bits per heavy atom. The minimum atomic E-state index is -1.05. The number of nitrogens with one attached hydrogen (secondary N) is 1. The molecule has 208 valence electrons. The first-order chi connectivity index (χ1) is 20.3. The fourth-order valence-electron chi connectivity index (χ4n) is 5.12. The number of carbonyl (C=O) groups is 2. The number of halogens is 2. The van der Waals surface area contributed by atoms with Crippen LogP contribution in [0, 0.1) is 11.6 Å². The summed E-state index contributed by atoms with van der Waals surface area (Å²) in [5, 5.41) is 19.0. The Balaban J connectivity index is 1.42. The van der Waals surface area contributed by atoms with Crippen LogP contribution in [0.1, 0.15) is 50.5 Å². The lowest BCUT2D eigenvalue weighted by Gasteiger charge is -2.16. The van der Waals surface area contributed by atoms with Gasteiger partial charge in [0.25, 0.3) is 5.91 Å². The Bertz CT molecular complexity index is 1980. The van der Waals surface area contributed by atoms with E-state index in [9.17, 15) is 23.5 Å². The molecule has 0 unspecified atom stereocenters. The van der Waals surface area contributed by atoms with E-state index in [0.717, 1.165) is 34.5 Å². The Morgan fingerprint density at radius 1 is 0.905 bits per heavy atom. The number of aromatic carboxylic acids is 1. The van der Waals surface area contributed by atoms with Gasteiger partial charge in [-0.15, -0.1) is 0 Å². The van der Waals surface area contributed by atoms with Crippen molar-refractivity contribution < 1.29 is 28.0 Å². The lowest BCUT2D eigenvalue weighted by atomic mass is 9.96. The van der Waals surface area contributed by atoms with Crippen LogP contribution in [-0.4, -0.2) is 22.1 Å². The topological polar surface area (TPSA) is 92.4 Å². The molecule has 6 aromatic rings. The highest BCUT2D eigenvalue weighted by molar-refractivity contribution is 6.08. The van der Waals surface area contributed by atoms with E-state index in [0.29, 0.717) is 23.1 Å². The molecular formula is C34H24F2N2O4. The van der Waals surface area contributed by atoms with E-state index in [-0.39, 0.29) is 27.8 Å². The molecule has 1 aromatic heterocycles. The quantitative estimate of drug-likeness (QED) is 0.208. The maximum Gasteiger partial charge on any atom is 0.335 e. The van der Waals surface area contributed by atoms with Gasteiger partial charge in [-0.05, 0) is 76.9 Å². The van der Waals surface area contributed by atoms with Gasteiger partial charge in [0.05, 0.1) is 28.2 Å². The first kappa shape index (κ1) is 26.8. The molecule has 0 aliphatic heterocycles. The molecule has 0 aliphatic carbocycles. The van der Waals surface area contributed by atoms with Crippen LogP contribution in [0.5, 0.6) is 0 Å². The maximum atomic E-state index is 14.8. The number of carboxylic acid groups (broad SMARTS) is 1. The van der Waals surface area contributed by atoms with Crippen LogP contribution in [0.3, 0.4) is 0 Å². The predicted octanol–water partition coefficient (Wildman–Crippen LogP) is 7.71. The second kappa shape index (κ2) is 10.9. The molecule has 2 N–H and O–H groups in total. The summed E-state index contributed by atoms with van der Waals surface area (Å²) in [6, 6.07) is 25.9. The van der Waals surface area contributed by atoms with Crippen molar-refractivity contribution >= 4 is 33.6 Å². The third-order valence-electron chi connectivity index (χ3n) is 7.32. The highest BCUT2D eigenvalue weighted by Crippen LogP contribution is 2.33. The monoisotopic (exact) mass is 562 g/mol. The average Bonchev–Trinajstić information content (AvgIpc) is 3.40. The molecule has 8 heteroatoms. The van der Waals surface area contributed by atoms with Gasteiger partial charge in [-0.3, -0.25) is 4.79 Å². The van der Waals surface area contributed by atoms with Gasteiger partial charge >= 0.3 is 5.97 Å². The highest BCUT2D eigenvalue weighted by Gasteiger charge is 2.23. The predicted molar refractivity (Wildman–Crippen MR) is 155 cm³/mol. The van der Waals surface area contributed by atoms with Gasteiger partial charge in [0.15, 0.2) is 5.58 Å². The number of hydrogen-bond acceptors (Lipinski definition) is 4. The molecule has 1 amide bonds. The van der Waals surface area contributed by atoms with Gasteiger partial charge in [-0.2, -0.15) is 0 Å². The van der Waals surface area contributed by atoms with E-state index in [1.165, 1.54) is 18.2 Å². The number of nitrogens with zero attached hydrogens (tertiary/aromatic N) is 1. The fraction of sp³-hybridized carbons (Fsp3) is 0.0882. The maximum absolute atomic E-state index is 14.8. The molecule has 0 bridgehead atoms. The van der Waals surface area contributed by atoms with Gasteiger partial charge in [-0.25, -0.2) is 13.6 Å². The SMILES string of the molecule is C[C@H](NC(=O)c1cc(-c2cc(F)ccc2F)cc2onc(Cc3ccc4ccccc4c3)c12)c1ccc(C(=O)O)cc1. The Kier molecular flexibility index (Phi) is 6.96. The van der Waals surface area contributed by atoms with Crippen molar-refractivity contribution in [3.8, 4) is 11.1 Å². The van der Waals surface area contributed by atoms with E-state index >= 15 is 0 Å². The zero-order valence-electron chi connectivity index (χ0n) is 22.4. The zero-order valence-corrected chi connectivity index (χ0v) is 22.4. The summed E-state index contributed by atoms with van der Waals surface area (Å²) in [6.07, 6.45) is 0.373. The molecule has 6 nitrogen and oxygen atoms in total. The van der Waals surface area contributed by atoms with Crippen molar-refractivity contribution in [3.05, 3.63) is 137 Å². The number of benzene rings is 5. The second-order valence-corrected chi connectivity index (χ2v) is 10.1. The molecule has 1 heterocycles. The molecule has 5 aromatic carbocycles. The number of carboxylic acids is 1. The number of amides is 1. The van der Waals surface area contributed by atoms with Crippen LogP contribution in [-0.2, 0) is 6.42 Å². The summed E-state index contributed by atoms with van der Waals surface area (Å²) in [6.45, 7) is 1.77. The average molecular weight is 563 g/mol. The van der Waals surface area contributed by atoms with Gasteiger partial charge in [0, 0.05) is 12.0 Å². The van der Waals surface area contributed by atoms with Crippen LogP contribution in [0.4, 0.5) is 8.78 Å². The standard InChI is InChI=1S/C34H24F2N2O4/c1-19(21-8-10-23(11-9-21)34(40)41)37-33(39)28-16-25(27-18-26(35)12-13-29(27)36)17-31-32(28)30(38-42-31)15-20-6-7-22-4-2-3-5-24(22)14-20/h2-14,16-19H,15H2,1H3,(H,37,39)(H,40,41)/t19-/m0/s1. The van der Waals surface area contributed by atoms with Gasteiger partial charge in [0.1, 0.15) is 11.6 Å². The summed E-state index contributed by atoms with van der Waals surface area (Å²) in [5.41, 5.74) is 3.00. The van der Waals surface area contributed by atoms with Crippen molar-refractivity contribution in [1.29, 1.82) is 0 Å². The first-order valence-electron chi connectivity index (χ1n) is 13.3. The second-order valence-electron chi connectivity index (χ2n) is 10.1. The van der Waals surface area contributed by atoms with E-state index in [1.807, 2.05) is 36.4 Å². The Labute approximate surface area is 239 Å². The Morgan fingerprint density at radius 3 is 2.43 bits per heavy atom. The van der Waals surface area contributed by atoms with Crippen molar-refractivity contribution in [2.75, 3.05) is 0 Å². The number of aromatic nitrogens is 1. The largest absolute Gasteiger partial charge is 0.478 e. The fourth-order valence-corrected chi connectivity index (χ4v) is 5.12. The molecule has 6 rings (SSSR count). The third kappa shape index (κ3) is 5.22. The van der Waals surface area contributed by atoms with Crippen LogP contribution in [0.2, 0.25) is 0 Å². The lowest BCUT2D eigenvalue weighted by molar-refractivity contribution is 0.0696. The molecule has 42 heavy (non-hydrogen) atoms. The lowest BCUT2D eigenvalue weighted by Crippen LogP contribution is -2.27. The molecule has 0 fully saturated rings. The van der Waals surface area contributed by atoms with E-state index in [4.69, 9.17) is 4.52 Å². The Hall–Kier alpha value is -5.37.